The number of ether oxygens (including phenoxy) is 3. The molecule has 1 aromatic rings. The van der Waals surface area contributed by atoms with Crippen molar-refractivity contribution in [1.82, 2.24) is 5.32 Å². The molecule has 0 saturated heterocycles. The predicted octanol–water partition coefficient (Wildman–Crippen LogP) is 1.87. The molecule has 6 nitrogen and oxygen atoms in total. The first-order valence-corrected chi connectivity index (χ1v) is 8.78. The van der Waals surface area contributed by atoms with Crippen molar-refractivity contribution < 1.29 is 19.0 Å². The van der Waals surface area contributed by atoms with Crippen LogP contribution in [0, 0.1) is 0 Å². The monoisotopic (exact) mass is 378 g/mol. The highest BCUT2D eigenvalue weighted by atomic mass is 35.5. The molecule has 1 aromatic carbocycles. The van der Waals surface area contributed by atoms with Crippen molar-refractivity contribution in [2.75, 3.05) is 39.9 Å². The van der Waals surface area contributed by atoms with Crippen LogP contribution >= 0.6 is 24.2 Å². The predicted molar refractivity (Wildman–Crippen MR) is 101 cm³/mol. The van der Waals surface area contributed by atoms with Gasteiger partial charge in [-0.25, -0.2) is 0 Å². The Balaban J connectivity index is 0.00000529. The molecule has 1 atom stereocenters. The van der Waals surface area contributed by atoms with E-state index >= 15 is 0 Å². The molecule has 0 radical (unpaired) electrons. The van der Waals surface area contributed by atoms with Gasteiger partial charge in [0.15, 0.2) is 11.5 Å². The largest absolute Gasteiger partial charge is 0.493 e. The van der Waals surface area contributed by atoms with Gasteiger partial charge in [0, 0.05) is 12.1 Å². The van der Waals surface area contributed by atoms with Crippen LogP contribution in [0.25, 0.3) is 0 Å². The third kappa shape index (κ3) is 6.30. The fraction of sp³-hybridized carbons (Fsp3) is 0.562. The summed E-state index contributed by atoms with van der Waals surface area (Å²) in [5, 5.41) is 2.86. The molecule has 0 saturated carbocycles. The Labute approximate surface area is 154 Å². The van der Waals surface area contributed by atoms with Crippen molar-refractivity contribution in [3.05, 3.63) is 17.7 Å². The maximum Gasteiger partial charge on any atom is 0.236 e. The van der Waals surface area contributed by atoms with Crippen LogP contribution in [0.5, 0.6) is 17.2 Å². The van der Waals surface area contributed by atoms with Gasteiger partial charge in [-0.05, 0) is 30.9 Å². The van der Waals surface area contributed by atoms with Crippen LogP contribution in [0.2, 0.25) is 0 Å². The molecule has 0 aliphatic carbocycles. The molecule has 0 bridgehead atoms. The number of carbonyl (C=O) groups excluding carboxylic acids is 1. The molecule has 0 aromatic heterocycles. The van der Waals surface area contributed by atoms with Gasteiger partial charge >= 0.3 is 0 Å². The van der Waals surface area contributed by atoms with Crippen LogP contribution in [0.4, 0.5) is 0 Å². The van der Waals surface area contributed by atoms with Gasteiger partial charge in [0.1, 0.15) is 0 Å². The molecule has 0 spiro atoms. The number of hydrogen-bond donors (Lipinski definition) is 2. The molecule has 0 unspecified atom stereocenters. The normalized spacial score (nSPS) is 11.2. The van der Waals surface area contributed by atoms with Crippen molar-refractivity contribution >= 4 is 30.1 Å². The SMILES string of the molecule is COc1ccc(CCNC(=O)[C@@H](N)CCSC)c(OC)c1OC.Cl. The van der Waals surface area contributed by atoms with Crippen LogP contribution in [0.15, 0.2) is 12.1 Å². The minimum atomic E-state index is -0.463. The van der Waals surface area contributed by atoms with Gasteiger partial charge in [0.05, 0.1) is 27.4 Å². The molecule has 0 fully saturated rings. The third-order valence-electron chi connectivity index (χ3n) is 3.45. The molecule has 138 valence electrons. The van der Waals surface area contributed by atoms with Crippen molar-refractivity contribution in [2.45, 2.75) is 18.9 Å². The quantitative estimate of drug-likeness (QED) is 0.646. The van der Waals surface area contributed by atoms with Crippen LogP contribution in [-0.2, 0) is 11.2 Å². The second-order valence-electron chi connectivity index (χ2n) is 4.92. The van der Waals surface area contributed by atoms with Gasteiger partial charge in [-0.3, -0.25) is 4.79 Å². The number of thioether (sulfide) groups is 1. The second-order valence-corrected chi connectivity index (χ2v) is 5.91. The Morgan fingerprint density at radius 3 is 2.42 bits per heavy atom. The first-order chi connectivity index (χ1) is 11.1. The maximum atomic E-state index is 11.9. The minimum absolute atomic E-state index is 0. The molecule has 0 aliphatic rings. The molecule has 3 N–H and O–H groups in total. The first-order valence-electron chi connectivity index (χ1n) is 7.39. The Morgan fingerprint density at radius 2 is 1.88 bits per heavy atom. The molecule has 0 heterocycles. The lowest BCUT2D eigenvalue weighted by molar-refractivity contribution is -0.122. The topological polar surface area (TPSA) is 82.8 Å². The van der Waals surface area contributed by atoms with E-state index in [9.17, 15) is 4.79 Å². The van der Waals surface area contributed by atoms with E-state index in [1.54, 1.807) is 33.1 Å². The number of nitrogens with two attached hydrogens (primary N) is 1. The standard InChI is InChI=1S/C16H26N2O4S.ClH/c1-20-13-6-5-11(14(21-2)15(13)22-3)7-9-18-16(19)12(17)8-10-23-4;/h5-6,12H,7-10,17H2,1-4H3,(H,18,19);1H/t12-;/m0./s1. The smallest absolute Gasteiger partial charge is 0.236 e. The summed E-state index contributed by atoms with van der Waals surface area (Å²) in [6.45, 7) is 0.484. The van der Waals surface area contributed by atoms with Gasteiger partial charge in [-0.15, -0.1) is 12.4 Å². The fourth-order valence-corrected chi connectivity index (χ4v) is 2.68. The molecular formula is C16H27ClN2O4S. The summed E-state index contributed by atoms with van der Waals surface area (Å²) in [6.07, 6.45) is 3.28. The highest BCUT2D eigenvalue weighted by Crippen LogP contribution is 2.39. The fourth-order valence-electron chi connectivity index (χ4n) is 2.19. The van der Waals surface area contributed by atoms with E-state index in [4.69, 9.17) is 19.9 Å². The number of benzene rings is 1. The maximum absolute atomic E-state index is 11.9. The van der Waals surface area contributed by atoms with E-state index in [0.29, 0.717) is 36.6 Å². The van der Waals surface area contributed by atoms with E-state index in [2.05, 4.69) is 5.32 Å². The number of carbonyl (C=O) groups is 1. The lowest BCUT2D eigenvalue weighted by atomic mass is 10.1. The average molecular weight is 379 g/mol. The van der Waals surface area contributed by atoms with Gasteiger partial charge in [-0.2, -0.15) is 11.8 Å². The summed E-state index contributed by atoms with van der Waals surface area (Å²) in [4.78, 5) is 11.9. The van der Waals surface area contributed by atoms with Gasteiger partial charge in [0.2, 0.25) is 11.7 Å². The number of hydrogen-bond acceptors (Lipinski definition) is 6. The van der Waals surface area contributed by atoms with Crippen molar-refractivity contribution in [2.24, 2.45) is 5.73 Å². The second kappa shape index (κ2) is 12.1. The summed E-state index contributed by atoms with van der Waals surface area (Å²) in [6, 6.07) is 3.26. The Bertz CT molecular complexity index is 517. The lowest BCUT2D eigenvalue weighted by Crippen LogP contribution is -2.41. The molecular weight excluding hydrogens is 352 g/mol. The van der Waals surface area contributed by atoms with E-state index in [-0.39, 0.29) is 18.3 Å². The van der Waals surface area contributed by atoms with E-state index in [1.807, 2.05) is 18.4 Å². The lowest BCUT2D eigenvalue weighted by Gasteiger charge is -2.16. The van der Waals surface area contributed by atoms with Crippen molar-refractivity contribution in [1.29, 1.82) is 0 Å². The van der Waals surface area contributed by atoms with Crippen LogP contribution < -0.4 is 25.3 Å². The molecule has 1 amide bonds. The molecule has 1 rings (SSSR count). The number of methoxy groups -OCH3 is 3. The number of amides is 1. The summed E-state index contributed by atoms with van der Waals surface area (Å²) in [7, 11) is 4.72. The third-order valence-corrected chi connectivity index (χ3v) is 4.09. The molecule has 24 heavy (non-hydrogen) atoms. The summed E-state index contributed by atoms with van der Waals surface area (Å²) >= 11 is 1.68. The summed E-state index contributed by atoms with van der Waals surface area (Å²) in [5.74, 6) is 2.52. The zero-order valence-corrected chi connectivity index (χ0v) is 16.2. The summed E-state index contributed by atoms with van der Waals surface area (Å²) < 4.78 is 16.0. The van der Waals surface area contributed by atoms with Crippen LogP contribution in [0.3, 0.4) is 0 Å². The molecule has 0 aliphatic heterocycles. The minimum Gasteiger partial charge on any atom is -0.493 e. The Kier molecular flexibility index (Phi) is 11.4. The zero-order chi connectivity index (χ0) is 17.2. The zero-order valence-electron chi connectivity index (χ0n) is 14.6. The number of halogens is 1. The van der Waals surface area contributed by atoms with E-state index in [0.717, 1.165) is 11.3 Å². The van der Waals surface area contributed by atoms with Crippen LogP contribution in [-0.4, -0.2) is 51.8 Å². The van der Waals surface area contributed by atoms with E-state index < -0.39 is 6.04 Å². The highest BCUT2D eigenvalue weighted by Gasteiger charge is 2.16. The van der Waals surface area contributed by atoms with E-state index in [1.165, 1.54) is 0 Å². The van der Waals surface area contributed by atoms with Gasteiger partial charge in [-0.1, -0.05) is 6.07 Å². The van der Waals surface area contributed by atoms with Crippen molar-refractivity contribution in [3.63, 3.8) is 0 Å². The Morgan fingerprint density at radius 1 is 1.21 bits per heavy atom. The van der Waals surface area contributed by atoms with Crippen molar-refractivity contribution in [3.8, 4) is 17.2 Å². The molecule has 8 heteroatoms. The Hall–Kier alpha value is -1.31. The first kappa shape index (κ1) is 22.7. The van der Waals surface area contributed by atoms with Gasteiger partial charge in [0.25, 0.3) is 0 Å². The van der Waals surface area contributed by atoms with Crippen LogP contribution in [0.1, 0.15) is 12.0 Å². The summed E-state index contributed by atoms with van der Waals surface area (Å²) in [5.41, 5.74) is 6.77. The number of nitrogens with one attached hydrogen (secondary N) is 1. The average Bonchev–Trinajstić information content (AvgIpc) is 2.58. The number of rotatable bonds is 10. The highest BCUT2D eigenvalue weighted by molar-refractivity contribution is 7.98. The van der Waals surface area contributed by atoms with Gasteiger partial charge < -0.3 is 25.3 Å².